The number of hydrogen-bond donors (Lipinski definition) is 2. The lowest BCUT2D eigenvalue weighted by atomic mass is 9.62. The topological polar surface area (TPSA) is 168 Å². The van der Waals surface area contributed by atoms with Crippen molar-refractivity contribution in [1.29, 1.82) is 0 Å². The van der Waals surface area contributed by atoms with Gasteiger partial charge in [0.25, 0.3) is 5.56 Å². The lowest BCUT2D eigenvalue weighted by molar-refractivity contribution is -0.143. The van der Waals surface area contributed by atoms with Crippen LogP contribution in [0.2, 0.25) is 0 Å². The Labute approximate surface area is 268 Å². The number of nitrogens with two attached hydrogens (primary N) is 2. The number of pyridine rings is 1. The first-order chi connectivity index (χ1) is 22.2. The minimum absolute atomic E-state index is 0.00604. The van der Waals surface area contributed by atoms with Crippen molar-refractivity contribution in [3.63, 3.8) is 0 Å². The van der Waals surface area contributed by atoms with Gasteiger partial charge in [-0.15, -0.1) is 0 Å². The number of carbonyl (C=O) groups excluding carboxylic acids is 2. The van der Waals surface area contributed by atoms with Crippen LogP contribution in [0.25, 0.3) is 5.70 Å². The summed E-state index contributed by atoms with van der Waals surface area (Å²) in [4.78, 5) is 56.0. The molecule has 4 aliphatic rings. The van der Waals surface area contributed by atoms with Crippen molar-refractivity contribution in [3.8, 4) is 5.88 Å². The van der Waals surface area contributed by atoms with Crippen molar-refractivity contribution >= 4 is 35.0 Å². The number of rotatable bonds is 8. The maximum absolute atomic E-state index is 13.9. The number of likely N-dealkylation sites (N-methyl/N-ethyl adjacent to an activating group) is 1. The number of aromatic nitrogens is 3. The molecule has 2 saturated heterocycles. The Bertz CT molecular complexity index is 1640. The van der Waals surface area contributed by atoms with Crippen molar-refractivity contribution in [3.05, 3.63) is 58.3 Å². The summed E-state index contributed by atoms with van der Waals surface area (Å²) in [7, 11) is 2.05. The second-order valence-corrected chi connectivity index (χ2v) is 12.9. The van der Waals surface area contributed by atoms with Crippen LogP contribution in [-0.4, -0.2) is 76.2 Å². The Kier molecular flexibility index (Phi) is 9.19. The average molecular weight is 630 g/mol. The minimum atomic E-state index is -1.01. The van der Waals surface area contributed by atoms with Crippen LogP contribution in [0.4, 0.5) is 11.5 Å². The fraction of sp³-hybridized carbons (Fsp3) is 0.529. The van der Waals surface area contributed by atoms with Crippen LogP contribution in [0.5, 0.6) is 5.88 Å². The fourth-order valence-corrected chi connectivity index (χ4v) is 7.36. The second kappa shape index (κ2) is 13.3. The molecule has 0 radical (unpaired) electrons. The minimum Gasteiger partial charge on any atom is -0.468 e. The lowest BCUT2D eigenvalue weighted by Gasteiger charge is -2.38. The molecule has 4 fully saturated rings. The van der Waals surface area contributed by atoms with Crippen LogP contribution in [0, 0.1) is 5.41 Å². The number of likely N-dealkylation sites (tertiary alicyclic amines) is 1. The van der Waals surface area contributed by atoms with Gasteiger partial charge in [0.15, 0.2) is 17.4 Å². The fourth-order valence-electron chi connectivity index (χ4n) is 7.36. The molecular weight excluding hydrogens is 586 g/mol. The molecule has 12 heteroatoms. The maximum atomic E-state index is 13.9. The zero-order valence-corrected chi connectivity index (χ0v) is 26.5. The van der Waals surface area contributed by atoms with Crippen molar-refractivity contribution in [2.45, 2.75) is 82.4 Å². The number of nitrogens with zero attached hydrogens (tertiary/aromatic N) is 5. The molecule has 1 spiro atoms. The smallest absolute Gasteiger partial charge is 0.274 e. The van der Waals surface area contributed by atoms with Gasteiger partial charge in [0.2, 0.25) is 5.88 Å². The molecular formula is C34H43N7O5. The van der Waals surface area contributed by atoms with E-state index in [1.807, 2.05) is 0 Å². The van der Waals surface area contributed by atoms with Crippen LogP contribution >= 0.6 is 0 Å². The standard InChI is InChI=1S/C34H43N7O5/c1-3-25(24-9-7-15-40(24)2)46-28-18-27(37-19-21-11-16-41(33(44)29(21)35)22-12-17-45-20-22)38-32(39-28)30(36)23-8-6-14-34(31(23)43)13-5-4-10-26(34)42/h3,11,16,18-19,22,24-25H,1,4-10,12-15,17,20,35-36H2,2H3/b30-23-,37-19+/t22-,24-,25-,34+/m0/s1. The highest BCUT2D eigenvalue weighted by Gasteiger charge is 2.49. The number of nitrogen functional groups attached to an aromatic ring is 1. The van der Waals surface area contributed by atoms with E-state index in [0.717, 1.165) is 38.6 Å². The number of aliphatic imine (C=N–C) groups is 1. The number of Topliss-reactive ketones (excluding diaryl/α,β-unsaturated/α-hetero) is 2. The van der Waals surface area contributed by atoms with E-state index in [1.165, 1.54) is 6.21 Å². The van der Waals surface area contributed by atoms with Crippen molar-refractivity contribution < 1.29 is 19.1 Å². The highest BCUT2D eigenvalue weighted by molar-refractivity contribution is 6.17. The SMILES string of the molecule is C=C[C@H](Oc1cc(/N=C/c2ccn([C@H]3CCOC3)c(=O)c2N)nc(/C(N)=C2\CCC[C@@]3(CCCCC3=O)C2=O)n1)[C@@H]1CCCN1C. The van der Waals surface area contributed by atoms with Crippen LogP contribution in [0.1, 0.15) is 81.6 Å². The third-order valence-corrected chi connectivity index (χ3v) is 10.1. The van der Waals surface area contributed by atoms with Gasteiger partial charge in [-0.05, 0) is 77.1 Å². The summed E-state index contributed by atoms with van der Waals surface area (Å²) in [5, 5.41) is 0. The van der Waals surface area contributed by atoms with Crippen molar-refractivity contribution in [2.75, 3.05) is 32.5 Å². The number of ketones is 2. The largest absolute Gasteiger partial charge is 0.468 e. The first-order valence-corrected chi connectivity index (χ1v) is 16.3. The van der Waals surface area contributed by atoms with Gasteiger partial charge < -0.3 is 25.5 Å². The molecule has 4 N–H and O–H groups in total. The molecule has 4 atom stereocenters. The maximum Gasteiger partial charge on any atom is 0.274 e. The molecule has 244 valence electrons. The Morgan fingerprint density at radius 2 is 2.00 bits per heavy atom. The Morgan fingerprint density at radius 3 is 2.72 bits per heavy atom. The third kappa shape index (κ3) is 6.03. The van der Waals surface area contributed by atoms with E-state index in [2.05, 4.69) is 33.5 Å². The van der Waals surface area contributed by atoms with E-state index in [-0.39, 0.29) is 64.2 Å². The molecule has 0 aromatic carbocycles. The normalized spacial score (nSPS) is 27.4. The summed E-state index contributed by atoms with van der Waals surface area (Å²) in [6.07, 6.45) is 11.6. The van der Waals surface area contributed by atoms with Gasteiger partial charge in [-0.3, -0.25) is 19.3 Å². The molecule has 0 bridgehead atoms. The van der Waals surface area contributed by atoms with E-state index in [9.17, 15) is 14.4 Å². The van der Waals surface area contributed by atoms with E-state index in [1.54, 1.807) is 29.0 Å². The van der Waals surface area contributed by atoms with Gasteiger partial charge in [-0.25, -0.2) is 9.98 Å². The highest BCUT2D eigenvalue weighted by atomic mass is 16.5. The molecule has 0 amide bonds. The van der Waals surface area contributed by atoms with Gasteiger partial charge in [0.05, 0.1) is 29.8 Å². The number of hydrogen-bond acceptors (Lipinski definition) is 11. The quantitative estimate of drug-likeness (QED) is 0.191. The zero-order valence-electron chi connectivity index (χ0n) is 26.5. The van der Waals surface area contributed by atoms with Crippen LogP contribution in [0.3, 0.4) is 0 Å². The summed E-state index contributed by atoms with van der Waals surface area (Å²) in [6.45, 7) is 6.03. The molecule has 2 aromatic rings. The second-order valence-electron chi connectivity index (χ2n) is 12.9. The van der Waals surface area contributed by atoms with Gasteiger partial charge in [-0.2, -0.15) is 4.98 Å². The van der Waals surface area contributed by atoms with E-state index >= 15 is 0 Å². The van der Waals surface area contributed by atoms with Crippen molar-refractivity contribution in [1.82, 2.24) is 19.4 Å². The number of allylic oxidation sites excluding steroid dienone is 1. The van der Waals surface area contributed by atoms with Crippen molar-refractivity contribution in [2.24, 2.45) is 16.1 Å². The van der Waals surface area contributed by atoms with Crippen LogP contribution < -0.4 is 21.8 Å². The number of carbonyl (C=O) groups is 2. The summed E-state index contributed by atoms with van der Waals surface area (Å²) in [5.41, 5.74) is 12.6. The summed E-state index contributed by atoms with van der Waals surface area (Å²) in [6, 6.07) is 3.39. The molecule has 6 rings (SSSR count). The van der Waals surface area contributed by atoms with Gasteiger partial charge in [-0.1, -0.05) is 13.0 Å². The van der Waals surface area contributed by atoms with E-state index < -0.39 is 5.41 Å². The molecule has 2 aliphatic heterocycles. The molecule has 2 aliphatic carbocycles. The van der Waals surface area contributed by atoms with Gasteiger partial charge in [0.1, 0.15) is 17.6 Å². The monoisotopic (exact) mass is 629 g/mol. The van der Waals surface area contributed by atoms with Crippen LogP contribution in [0.15, 0.2) is 46.3 Å². The molecule has 0 unspecified atom stereocenters. The Hall–Kier alpha value is -4.16. The predicted octanol–water partition coefficient (Wildman–Crippen LogP) is 3.51. The molecule has 12 nitrogen and oxygen atoms in total. The predicted molar refractivity (Wildman–Crippen MR) is 175 cm³/mol. The average Bonchev–Trinajstić information content (AvgIpc) is 3.75. The van der Waals surface area contributed by atoms with E-state index in [4.69, 9.17) is 20.9 Å². The molecule has 4 heterocycles. The van der Waals surface area contributed by atoms with Crippen LogP contribution in [-0.2, 0) is 14.3 Å². The first-order valence-electron chi connectivity index (χ1n) is 16.3. The lowest BCUT2D eigenvalue weighted by Crippen LogP contribution is -2.45. The zero-order chi connectivity index (χ0) is 32.4. The third-order valence-electron chi connectivity index (χ3n) is 10.1. The Morgan fingerprint density at radius 1 is 1.17 bits per heavy atom. The summed E-state index contributed by atoms with van der Waals surface area (Å²) < 4.78 is 13.4. The van der Waals surface area contributed by atoms with Gasteiger partial charge >= 0.3 is 0 Å². The molecule has 2 aromatic heterocycles. The Balaban J connectivity index is 1.37. The van der Waals surface area contributed by atoms with Gasteiger partial charge in [0, 0.05) is 42.6 Å². The van der Waals surface area contributed by atoms with E-state index in [0.29, 0.717) is 56.5 Å². The molecule has 2 saturated carbocycles. The highest BCUT2D eigenvalue weighted by Crippen LogP contribution is 2.45. The first kappa shape index (κ1) is 31.8. The summed E-state index contributed by atoms with van der Waals surface area (Å²) >= 11 is 0. The number of ether oxygens (including phenoxy) is 2. The number of anilines is 1. The summed E-state index contributed by atoms with van der Waals surface area (Å²) in [5.74, 6) is 0.332. The molecule has 46 heavy (non-hydrogen) atoms.